The van der Waals surface area contributed by atoms with Crippen LogP contribution in [0.25, 0.3) is 11.4 Å². The van der Waals surface area contributed by atoms with Crippen LogP contribution in [-0.4, -0.2) is 52.6 Å². The molecule has 3 rings (SSSR count). The van der Waals surface area contributed by atoms with E-state index >= 15 is 0 Å². The third-order valence-electron chi connectivity index (χ3n) is 2.93. The summed E-state index contributed by atoms with van der Waals surface area (Å²) in [5.74, 6) is 1.65. The molecule has 10 heteroatoms. The molecular formula is C12H14N8OS. The van der Waals surface area contributed by atoms with Crippen LogP contribution in [0.4, 0.5) is 0 Å². The van der Waals surface area contributed by atoms with Gasteiger partial charge in [0.25, 0.3) is 0 Å². The first-order valence-corrected chi connectivity index (χ1v) is 7.49. The van der Waals surface area contributed by atoms with Crippen LogP contribution in [0.3, 0.4) is 0 Å². The molecule has 0 radical (unpaired) electrons. The van der Waals surface area contributed by atoms with Crippen LogP contribution < -0.4 is 4.74 Å². The number of rotatable bonds is 6. The molecule has 0 aromatic carbocycles. The zero-order valence-electron chi connectivity index (χ0n) is 12.1. The van der Waals surface area contributed by atoms with Crippen molar-refractivity contribution in [3.05, 3.63) is 24.8 Å². The molecule has 22 heavy (non-hydrogen) atoms. The molecule has 3 aromatic heterocycles. The van der Waals surface area contributed by atoms with Gasteiger partial charge in [0.15, 0.2) is 0 Å². The van der Waals surface area contributed by atoms with Gasteiger partial charge >= 0.3 is 6.01 Å². The van der Waals surface area contributed by atoms with Gasteiger partial charge in [0.2, 0.25) is 5.16 Å². The van der Waals surface area contributed by atoms with Crippen LogP contribution in [0.5, 0.6) is 6.01 Å². The lowest BCUT2D eigenvalue weighted by Gasteiger charge is -2.07. The molecule has 0 saturated heterocycles. The van der Waals surface area contributed by atoms with E-state index in [1.165, 1.54) is 7.11 Å². The van der Waals surface area contributed by atoms with Gasteiger partial charge in [-0.3, -0.25) is 0 Å². The van der Waals surface area contributed by atoms with Crippen LogP contribution >= 0.6 is 11.8 Å². The van der Waals surface area contributed by atoms with Crippen molar-refractivity contribution in [2.24, 2.45) is 7.05 Å². The Kier molecular flexibility index (Phi) is 4.28. The summed E-state index contributed by atoms with van der Waals surface area (Å²) in [6.45, 7) is 0.777. The Morgan fingerprint density at radius 2 is 2.05 bits per heavy atom. The first kappa shape index (κ1) is 14.4. The quantitative estimate of drug-likeness (QED) is 0.612. The maximum atomic E-state index is 4.96. The van der Waals surface area contributed by atoms with Crippen molar-refractivity contribution in [2.75, 3.05) is 12.9 Å². The summed E-state index contributed by atoms with van der Waals surface area (Å²) in [7, 11) is 3.36. The Bertz CT molecular complexity index is 738. The first-order chi connectivity index (χ1) is 10.8. The average Bonchev–Trinajstić information content (AvgIpc) is 3.17. The number of methoxy groups -OCH3 is 1. The molecule has 0 spiro atoms. The van der Waals surface area contributed by atoms with E-state index in [0.717, 1.165) is 28.8 Å². The Morgan fingerprint density at radius 3 is 2.73 bits per heavy atom. The van der Waals surface area contributed by atoms with Crippen molar-refractivity contribution in [3.8, 4) is 17.4 Å². The van der Waals surface area contributed by atoms with Crippen molar-refractivity contribution in [1.29, 1.82) is 0 Å². The first-order valence-electron chi connectivity index (χ1n) is 6.50. The molecule has 3 aromatic rings. The summed E-state index contributed by atoms with van der Waals surface area (Å²) in [6.07, 6.45) is 7.08. The van der Waals surface area contributed by atoms with Crippen LogP contribution in [0.2, 0.25) is 0 Å². The third-order valence-corrected chi connectivity index (χ3v) is 3.92. The van der Waals surface area contributed by atoms with Gasteiger partial charge in [0.1, 0.15) is 5.82 Å². The van der Waals surface area contributed by atoms with Crippen LogP contribution in [0.1, 0.15) is 0 Å². The highest BCUT2D eigenvalue weighted by Crippen LogP contribution is 2.18. The Hall–Kier alpha value is -2.49. The van der Waals surface area contributed by atoms with Crippen LogP contribution in [-0.2, 0) is 13.6 Å². The molecule has 0 saturated carbocycles. The Morgan fingerprint density at radius 1 is 1.23 bits per heavy atom. The highest BCUT2D eigenvalue weighted by Gasteiger charge is 2.09. The Labute approximate surface area is 130 Å². The molecule has 0 aliphatic heterocycles. The minimum absolute atomic E-state index is 0.340. The number of hydrogen-bond donors (Lipinski definition) is 0. The summed E-state index contributed by atoms with van der Waals surface area (Å²) in [5.41, 5.74) is 0.844. The van der Waals surface area contributed by atoms with E-state index in [4.69, 9.17) is 4.74 Å². The van der Waals surface area contributed by atoms with Gasteiger partial charge in [0.05, 0.1) is 12.7 Å². The van der Waals surface area contributed by atoms with Crippen molar-refractivity contribution >= 4 is 11.8 Å². The fourth-order valence-corrected chi connectivity index (χ4v) is 2.65. The summed E-state index contributed by atoms with van der Waals surface area (Å²) >= 11 is 1.59. The zero-order chi connectivity index (χ0) is 15.4. The maximum absolute atomic E-state index is 4.96. The number of thioether (sulfide) groups is 1. The SMILES string of the molecule is COc1ncc(-c2nccn2CCSc2nnnn2C)cn1. The van der Waals surface area contributed by atoms with Crippen molar-refractivity contribution < 1.29 is 4.74 Å². The normalized spacial score (nSPS) is 10.8. The molecule has 0 N–H and O–H groups in total. The van der Waals surface area contributed by atoms with E-state index in [2.05, 4.69) is 30.5 Å². The molecule has 0 amide bonds. The van der Waals surface area contributed by atoms with Crippen molar-refractivity contribution in [3.63, 3.8) is 0 Å². The molecule has 0 atom stereocenters. The summed E-state index contributed by atoms with van der Waals surface area (Å²) in [4.78, 5) is 12.6. The van der Waals surface area contributed by atoms with E-state index < -0.39 is 0 Å². The predicted molar refractivity (Wildman–Crippen MR) is 79.3 cm³/mol. The lowest BCUT2D eigenvalue weighted by atomic mass is 10.3. The summed E-state index contributed by atoms with van der Waals surface area (Å²) in [5, 5.41) is 12.1. The number of aromatic nitrogens is 8. The second kappa shape index (κ2) is 6.52. The predicted octanol–water partition coefficient (Wildman–Crippen LogP) is 0.664. The molecule has 9 nitrogen and oxygen atoms in total. The minimum Gasteiger partial charge on any atom is -0.467 e. The topological polar surface area (TPSA) is 96.4 Å². The second-order valence-electron chi connectivity index (χ2n) is 4.34. The molecule has 0 aliphatic rings. The molecule has 0 bridgehead atoms. The monoisotopic (exact) mass is 318 g/mol. The van der Waals surface area contributed by atoms with Gasteiger partial charge in [-0.05, 0) is 10.4 Å². The van der Waals surface area contributed by atoms with E-state index in [1.54, 1.807) is 35.0 Å². The average molecular weight is 318 g/mol. The van der Waals surface area contributed by atoms with Crippen LogP contribution in [0, 0.1) is 0 Å². The standard InChI is InChI=1S/C12H14N8OS/c1-19-12(16-17-18-19)22-6-5-20-4-3-13-10(20)9-7-14-11(21-2)15-8-9/h3-4,7-8H,5-6H2,1-2H3. The molecule has 114 valence electrons. The number of aryl methyl sites for hydroxylation is 2. The second-order valence-corrected chi connectivity index (χ2v) is 5.40. The molecule has 0 fully saturated rings. The highest BCUT2D eigenvalue weighted by atomic mass is 32.2. The molecule has 0 unspecified atom stereocenters. The smallest absolute Gasteiger partial charge is 0.316 e. The lowest BCUT2D eigenvalue weighted by molar-refractivity contribution is 0.380. The highest BCUT2D eigenvalue weighted by molar-refractivity contribution is 7.99. The van der Waals surface area contributed by atoms with Gasteiger partial charge in [-0.2, -0.15) is 0 Å². The fourth-order valence-electron chi connectivity index (χ4n) is 1.87. The van der Waals surface area contributed by atoms with Gasteiger partial charge in [-0.1, -0.05) is 11.8 Å². The molecular weight excluding hydrogens is 304 g/mol. The third kappa shape index (κ3) is 3.06. The van der Waals surface area contributed by atoms with E-state index in [1.807, 2.05) is 17.8 Å². The number of tetrazole rings is 1. The molecule has 3 heterocycles. The van der Waals surface area contributed by atoms with Gasteiger partial charge in [0, 0.05) is 44.1 Å². The van der Waals surface area contributed by atoms with Gasteiger partial charge in [-0.25, -0.2) is 19.6 Å². The van der Waals surface area contributed by atoms with Gasteiger partial charge < -0.3 is 9.30 Å². The van der Waals surface area contributed by atoms with E-state index in [9.17, 15) is 0 Å². The minimum atomic E-state index is 0.340. The van der Waals surface area contributed by atoms with E-state index in [-0.39, 0.29) is 0 Å². The zero-order valence-corrected chi connectivity index (χ0v) is 12.9. The van der Waals surface area contributed by atoms with Crippen molar-refractivity contribution in [2.45, 2.75) is 11.7 Å². The Balaban J connectivity index is 1.67. The maximum Gasteiger partial charge on any atom is 0.316 e. The number of ether oxygens (including phenoxy) is 1. The summed E-state index contributed by atoms with van der Waals surface area (Å²) in [6, 6.07) is 0.340. The number of imidazole rings is 1. The largest absolute Gasteiger partial charge is 0.467 e. The van der Waals surface area contributed by atoms with Crippen molar-refractivity contribution in [1.82, 2.24) is 39.7 Å². The lowest BCUT2D eigenvalue weighted by Crippen LogP contribution is -2.03. The van der Waals surface area contributed by atoms with Crippen LogP contribution in [0.15, 0.2) is 29.9 Å². The fraction of sp³-hybridized carbons (Fsp3) is 0.333. The summed E-state index contributed by atoms with van der Waals surface area (Å²) < 4.78 is 8.65. The number of nitrogens with zero attached hydrogens (tertiary/aromatic N) is 8. The van der Waals surface area contributed by atoms with Gasteiger partial charge in [-0.15, -0.1) is 5.10 Å². The van der Waals surface area contributed by atoms with E-state index in [0.29, 0.717) is 6.01 Å². The number of hydrogen-bond acceptors (Lipinski definition) is 8. The molecule has 0 aliphatic carbocycles.